The van der Waals surface area contributed by atoms with Crippen molar-refractivity contribution in [2.24, 2.45) is 0 Å². The van der Waals surface area contributed by atoms with Crippen molar-refractivity contribution >= 4 is 23.5 Å². The van der Waals surface area contributed by atoms with Crippen molar-refractivity contribution in [2.75, 3.05) is 42.9 Å². The summed E-state index contributed by atoms with van der Waals surface area (Å²) in [6.07, 6.45) is 1.66. The van der Waals surface area contributed by atoms with Crippen molar-refractivity contribution in [3.05, 3.63) is 66.4 Å². The van der Waals surface area contributed by atoms with E-state index >= 15 is 0 Å². The first-order valence-electron chi connectivity index (χ1n) is 10.5. The fourth-order valence-electron chi connectivity index (χ4n) is 3.50. The van der Waals surface area contributed by atoms with Crippen molar-refractivity contribution in [1.29, 1.82) is 0 Å². The molecule has 2 N–H and O–H groups in total. The summed E-state index contributed by atoms with van der Waals surface area (Å²) in [6.45, 7) is 2.68. The smallest absolute Gasteiger partial charge is 0.305 e. The van der Waals surface area contributed by atoms with Gasteiger partial charge < -0.3 is 20.2 Å². The Labute approximate surface area is 185 Å². The van der Waals surface area contributed by atoms with Gasteiger partial charge in [-0.15, -0.1) is 0 Å². The quantitative estimate of drug-likeness (QED) is 0.585. The van der Waals surface area contributed by atoms with E-state index in [-0.39, 0.29) is 18.9 Å². The highest BCUT2D eigenvalue weighted by Gasteiger charge is 2.23. The lowest BCUT2D eigenvalue weighted by atomic mass is 10.2. The van der Waals surface area contributed by atoms with Gasteiger partial charge in [-0.2, -0.15) is 0 Å². The number of carboxylic acid groups (broad SMARTS) is 1. The molecule has 9 heteroatoms. The summed E-state index contributed by atoms with van der Waals surface area (Å²) in [4.78, 5) is 41.1. The molecule has 0 bridgehead atoms. The molecule has 1 aliphatic heterocycles. The number of nitrogens with one attached hydrogen (secondary N) is 1. The number of amides is 1. The predicted molar refractivity (Wildman–Crippen MR) is 121 cm³/mol. The van der Waals surface area contributed by atoms with Crippen molar-refractivity contribution in [2.45, 2.75) is 6.42 Å². The molecule has 3 heterocycles. The average molecular weight is 432 g/mol. The molecule has 0 spiro atoms. The van der Waals surface area contributed by atoms with E-state index in [1.54, 1.807) is 6.20 Å². The highest BCUT2D eigenvalue weighted by atomic mass is 16.4. The van der Waals surface area contributed by atoms with Gasteiger partial charge >= 0.3 is 5.97 Å². The Morgan fingerprint density at radius 1 is 0.969 bits per heavy atom. The van der Waals surface area contributed by atoms with Crippen molar-refractivity contribution in [1.82, 2.24) is 19.9 Å². The number of carbonyl (C=O) groups is 2. The van der Waals surface area contributed by atoms with Crippen LogP contribution in [-0.4, -0.2) is 69.6 Å². The maximum Gasteiger partial charge on any atom is 0.305 e. The molecule has 1 aliphatic rings. The Balaban J connectivity index is 1.51. The molecule has 1 saturated heterocycles. The molecule has 0 saturated carbocycles. The Hall–Kier alpha value is -4.01. The second kappa shape index (κ2) is 9.86. The molecule has 1 amide bonds. The molecule has 9 nitrogen and oxygen atoms in total. The summed E-state index contributed by atoms with van der Waals surface area (Å²) < 4.78 is 0. The zero-order valence-electron chi connectivity index (χ0n) is 17.5. The topological polar surface area (TPSA) is 112 Å². The lowest BCUT2D eigenvalue weighted by molar-refractivity contribution is -0.136. The third kappa shape index (κ3) is 5.18. The zero-order chi connectivity index (χ0) is 22.3. The minimum Gasteiger partial charge on any atom is -0.481 e. The fraction of sp³-hybridized carbons (Fsp3) is 0.261. The van der Waals surface area contributed by atoms with E-state index in [0.717, 1.165) is 0 Å². The lowest BCUT2D eigenvalue weighted by Crippen LogP contribution is -2.49. The summed E-state index contributed by atoms with van der Waals surface area (Å²) in [7, 11) is 0. The highest BCUT2D eigenvalue weighted by molar-refractivity contribution is 5.94. The molecule has 4 rings (SSSR count). The second-order valence-electron chi connectivity index (χ2n) is 7.37. The standard InChI is InChI=1S/C23H24N6O3/c30-21(31)9-11-25-19-16-20(27-22(26-19)18-8-4-5-10-24-18)28-12-14-29(15-13-28)23(32)17-6-2-1-3-7-17/h1-8,10,16H,9,11-15H2,(H,30,31)(H,25,26,27). The molecule has 1 aromatic carbocycles. The molecule has 1 fully saturated rings. The second-order valence-corrected chi connectivity index (χ2v) is 7.37. The molecule has 164 valence electrons. The Kier molecular flexibility index (Phi) is 6.54. The van der Waals surface area contributed by atoms with E-state index < -0.39 is 5.97 Å². The Morgan fingerprint density at radius 3 is 2.41 bits per heavy atom. The van der Waals surface area contributed by atoms with Crippen LogP contribution >= 0.6 is 0 Å². The van der Waals surface area contributed by atoms with Crippen LogP contribution in [0.15, 0.2) is 60.8 Å². The molecule has 0 aliphatic carbocycles. The van der Waals surface area contributed by atoms with Crippen LogP contribution in [0.5, 0.6) is 0 Å². The maximum absolute atomic E-state index is 12.7. The van der Waals surface area contributed by atoms with Gasteiger partial charge in [-0.25, -0.2) is 9.97 Å². The normalized spacial score (nSPS) is 13.6. The number of hydrogen-bond acceptors (Lipinski definition) is 7. The zero-order valence-corrected chi connectivity index (χ0v) is 17.5. The molecular formula is C23H24N6O3. The van der Waals surface area contributed by atoms with Crippen LogP contribution < -0.4 is 10.2 Å². The third-order valence-electron chi connectivity index (χ3n) is 5.16. The van der Waals surface area contributed by atoms with E-state index in [1.807, 2.05) is 59.5 Å². The maximum atomic E-state index is 12.7. The number of piperazine rings is 1. The number of anilines is 2. The van der Waals surface area contributed by atoms with E-state index in [1.165, 1.54) is 0 Å². The molecule has 3 aromatic rings. The van der Waals surface area contributed by atoms with Gasteiger partial charge in [0.1, 0.15) is 17.3 Å². The number of carbonyl (C=O) groups excluding carboxylic acids is 1. The summed E-state index contributed by atoms with van der Waals surface area (Å²) >= 11 is 0. The van der Waals surface area contributed by atoms with Crippen LogP contribution in [-0.2, 0) is 4.79 Å². The van der Waals surface area contributed by atoms with Crippen LogP contribution in [0.3, 0.4) is 0 Å². The summed E-state index contributed by atoms with van der Waals surface area (Å²) in [5, 5.41) is 12.0. The minimum absolute atomic E-state index is 0.0153. The van der Waals surface area contributed by atoms with Gasteiger partial charge in [0, 0.05) is 50.6 Å². The van der Waals surface area contributed by atoms with Gasteiger partial charge in [0.15, 0.2) is 5.82 Å². The molecule has 2 aromatic heterocycles. The van der Waals surface area contributed by atoms with Gasteiger partial charge in [-0.1, -0.05) is 24.3 Å². The fourth-order valence-corrected chi connectivity index (χ4v) is 3.50. The molecule has 32 heavy (non-hydrogen) atoms. The van der Waals surface area contributed by atoms with E-state index in [2.05, 4.69) is 20.2 Å². The summed E-state index contributed by atoms with van der Waals surface area (Å²) in [5.74, 6) is 0.864. The lowest BCUT2D eigenvalue weighted by Gasteiger charge is -2.35. The number of pyridine rings is 1. The Bertz CT molecular complexity index is 1070. The van der Waals surface area contributed by atoms with Crippen LogP contribution in [0.25, 0.3) is 11.5 Å². The van der Waals surface area contributed by atoms with Crippen molar-refractivity contribution in [3.63, 3.8) is 0 Å². The molecule has 0 unspecified atom stereocenters. The minimum atomic E-state index is -0.879. The van der Waals surface area contributed by atoms with Crippen LogP contribution in [0, 0.1) is 0 Å². The van der Waals surface area contributed by atoms with Gasteiger partial charge in [-0.3, -0.25) is 14.6 Å². The number of aromatic nitrogens is 3. The monoisotopic (exact) mass is 432 g/mol. The number of carboxylic acids is 1. The van der Waals surface area contributed by atoms with Gasteiger partial charge in [0.05, 0.1) is 6.42 Å². The first-order chi connectivity index (χ1) is 15.6. The van der Waals surface area contributed by atoms with Gasteiger partial charge in [-0.05, 0) is 24.3 Å². The molecular weight excluding hydrogens is 408 g/mol. The first-order valence-corrected chi connectivity index (χ1v) is 10.5. The summed E-state index contributed by atoms with van der Waals surface area (Å²) in [6, 6.07) is 16.6. The largest absolute Gasteiger partial charge is 0.481 e. The van der Waals surface area contributed by atoms with Crippen LogP contribution in [0.4, 0.5) is 11.6 Å². The van der Waals surface area contributed by atoms with E-state index in [0.29, 0.717) is 54.9 Å². The Morgan fingerprint density at radius 2 is 1.72 bits per heavy atom. The average Bonchev–Trinajstić information content (AvgIpc) is 2.84. The van der Waals surface area contributed by atoms with Crippen LogP contribution in [0.2, 0.25) is 0 Å². The number of nitrogens with zero attached hydrogens (tertiary/aromatic N) is 5. The van der Waals surface area contributed by atoms with Crippen LogP contribution in [0.1, 0.15) is 16.8 Å². The number of benzene rings is 1. The molecule has 0 atom stereocenters. The van der Waals surface area contributed by atoms with Crippen molar-refractivity contribution in [3.8, 4) is 11.5 Å². The summed E-state index contributed by atoms with van der Waals surface area (Å²) in [5.41, 5.74) is 1.32. The van der Waals surface area contributed by atoms with Crippen molar-refractivity contribution < 1.29 is 14.7 Å². The van der Waals surface area contributed by atoms with Gasteiger partial charge in [0.2, 0.25) is 0 Å². The number of rotatable bonds is 7. The third-order valence-corrected chi connectivity index (χ3v) is 5.16. The first kappa shape index (κ1) is 21.2. The van der Waals surface area contributed by atoms with E-state index in [4.69, 9.17) is 10.1 Å². The van der Waals surface area contributed by atoms with E-state index in [9.17, 15) is 9.59 Å². The SMILES string of the molecule is O=C(O)CCNc1cc(N2CCN(C(=O)c3ccccc3)CC2)nc(-c2ccccn2)n1. The molecule has 0 radical (unpaired) electrons. The number of hydrogen-bond donors (Lipinski definition) is 2. The predicted octanol–water partition coefficient (Wildman–Crippen LogP) is 2.39. The number of aliphatic carboxylic acids is 1. The highest BCUT2D eigenvalue weighted by Crippen LogP contribution is 2.23. The van der Waals surface area contributed by atoms with Gasteiger partial charge in [0.25, 0.3) is 5.91 Å².